The number of hydrogen-bond acceptors (Lipinski definition) is 4. The van der Waals surface area contributed by atoms with Crippen molar-refractivity contribution in [3.05, 3.63) is 48.0 Å². The highest BCUT2D eigenvalue weighted by Gasteiger charge is 2.11. The molecule has 5 heteroatoms. The van der Waals surface area contributed by atoms with Crippen LogP contribution in [0, 0.1) is 6.92 Å². The lowest BCUT2D eigenvalue weighted by Gasteiger charge is -2.04. The number of hydrogen-bond donors (Lipinski definition) is 2. The van der Waals surface area contributed by atoms with Gasteiger partial charge in [0.05, 0.1) is 12.7 Å². The summed E-state index contributed by atoms with van der Waals surface area (Å²) < 4.78 is 5.34. The van der Waals surface area contributed by atoms with Gasteiger partial charge >= 0.3 is 0 Å². The molecule has 5 nitrogen and oxygen atoms in total. The van der Waals surface area contributed by atoms with E-state index in [9.17, 15) is 0 Å². The molecular weight excluding hydrogens is 264 g/mol. The number of aromatic nitrogens is 3. The smallest absolute Gasteiger partial charge is 0.181 e. The van der Waals surface area contributed by atoms with Gasteiger partial charge in [-0.05, 0) is 30.7 Å². The third kappa shape index (κ3) is 2.45. The van der Waals surface area contributed by atoms with Gasteiger partial charge in [-0.2, -0.15) is 5.10 Å². The number of nitrogens with two attached hydrogens (primary N) is 1. The average Bonchev–Trinajstić information content (AvgIpc) is 2.99. The molecule has 0 unspecified atom stereocenters. The summed E-state index contributed by atoms with van der Waals surface area (Å²) in [6, 6.07) is 13.5. The van der Waals surface area contributed by atoms with Crippen molar-refractivity contribution in [3.63, 3.8) is 0 Å². The summed E-state index contributed by atoms with van der Waals surface area (Å²) in [4.78, 5) is 4.53. The van der Waals surface area contributed by atoms with Crippen LogP contribution >= 0.6 is 0 Å². The molecular formula is C16H16N4O. The molecule has 0 radical (unpaired) electrons. The fourth-order valence-electron chi connectivity index (χ4n) is 2.13. The summed E-state index contributed by atoms with van der Waals surface area (Å²) in [7, 11) is 1.64. The zero-order valence-corrected chi connectivity index (χ0v) is 11.9. The van der Waals surface area contributed by atoms with Crippen molar-refractivity contribution in [2.24, 2.45) is 0 Å². The van der Waals surface area contributed by atoms with Gasteiger partial charge in [-0.25, -0.2) is 4.98 Å². The normalized spacial score (nSPS) is 10.6. The number of aromatic amines is 1. The average molecular weight is 280 g/mol. The molecule has 3 N–H and O–H groups in total. The maximum absolute atomic E-state index is 5.94. The molecule has 0 spiro atoms. The minimum atomic E-state index is 0.614. The van der Waals surface area contributed by atoms with E-state index < -0.39 is 0 Å². The number of nitrogens with zero attached hydrogens (tertiary/aromatic N) is 2. The first-order chi connectivity index (χ1) is 10.2. The Labute approximate surface area is 122 Å². The van der Waals surface area contributed by atoms with Gasteiger partial charge < -0.3 is 10.5 Å². The minimum Gasteiger partial charge on any atom is -0.496 e. The monoisotopic (exact) mass is 280 g/mol. The van der Waals surface area contributed by atoms with E-state index >= 15 is 0 Å². The predicted molar refractivity (Wildman–Crippen MR) is 83.0 cm³/mol. The topological polar surface area (TPSA) is 76.8 Å². The molecule has 0 bridgehead atoms. The summed E-state index contributed by atoms with van der Waals surface area (Å²) in [5, 5.41) is 7.21. The number of nitrogens with one attached hydrogen (secondary N) is 1. The van der Waals surface area contributed by atoms with Crippen molar-refractivity contribution < 1.29 is 4.74 Å². The number of rotatable bonds is 3. The van der Waals surface area contributed by atoms with E-state index in [0.29, 0.717) is 11.6 Å². The van der Waals surface area contributed by atoms with Gasteiger partial charge in [0, 0.05) is 11.3 Å². The van der Waals surface area contributed by atoms with E-state index in [4.69, 9.17) is 10.5 Å². The minimum absolute atomic E-state index is 0.614. The molecule has 0 aliphatic carbocycles. The molecule has 106 valence electrons. The Balaban J connectivity index is 2.01. The van der Waals surface area contributed by atoms with Crippen LogP contribution in [0.5, 0.6) is 5.75 Å². The standard InChI is InChI=1S/C16H16N4O/c1-10-7-8-11(9-13(10)17)15-18-16(20-19-15)12-5-3-4-6-14(12)21-2/h3-9H,17H2,1-2H3,(H,18,19,20). The Kier molecular flexibility index (Phi) is 3.31. The number of nitrogen functional groups attached to an aromatic ring is 1. The van der Waals surface area contributed by atoms with Gasteiger partial charge in [0.15, 0.2) is 11.6 Å². The largest absolute Gasteiger partial charge is 0.496 e. The second-order valence-electron chi connectivity index (χ2n) is 4.78. The van der Waals surface area contributed by atoms with Gasteiger partial charge in [-0.1, -0.05) is 24.3 Å². The van der Waals surface area contributed by atoms with Crippen LogP contribution in [0.1, 0.15) is 5.56 Å². The highest BCUT2D eigenvalue weighted by atomic mass is 16.5. The molecule has 0 aliphatic rings. The summed E-state index contributed by atoms with van der Waals surface area (Å²) in [6.45, 7) is 1.97. The molecule has 1 heterocycles. The number of ether oxygens (including phenoxy) is 1. The third-order valence-corrected chi connectivity index (χ3v) is 3.38. The molecule has 0 saturated carbocycles. The summed E-state index contributed by atoms with van der Waals surface area (Å²) in [5.74, 6) is 2.04. The van der Waals surface area contributed by atoms with E-state index in [0.717, 1.165) is 28.1 Å². The van der Waals surface area contributed by atoms with E-state index in [1.807, 2.05) is 49.4 Å². The van der Waals surface area contributed by atoms with Gasteiger partial charge in [0.25, 0.3) is 0 Å². The van der Waals surface area contributed by atoms with Crippen LogP contribution in [0.2, 0.25) is 0 Å². The zero-order chi connectivity index (χ0) is 14.8. The Morgan fingerprint density at radius 2 is 1.95 bits per heavy atom. The number of anilines is 1. The Morgan fingerprint density at radius 1 is 1.14 bits per heavy atom. The van der Waals surface area contributed by atoms with Crippen LogP contribution in [0.4, 0.5) is 5.69 Å². The molecule has 21 heavy (non-hydrogen) atoms. The molecule has 0 saturated heterocycles. The van der Waals surface area contributed by atoms with E-state index in [2.05, 4.69) is 15.2 Å². The van der Waals surface area contributed by atoms with Crippen molar-refractivity contribution in [2.45, 2.75) is 6.92 Å². The first-order valence-corrected chi connectivity index (χ1v) is 6.61. The summed E-state index contributed by atoms with van der Waals surface area (Å²) in [5.41, 5.74) is 9.47. The SMILES string of the molecule is COc1ccccc1-c1nc(-c2ccc(C)c(N)c2)n[nH]1. The van der Waals surface area contributed by atoms with Crippen LogP contribution in [0.15, 0.2) is 42.5 Å². The Bertz CT molecular complexity index is 779. The third-order valence-electron chi connectivity index (χ3n) is 3.38. The fourth-order valence-corrected chi connectivity index (χ4v) is 2.13. The second kappa shape index (κ2) is 5.28. The molecule has 0 atom stereocenters. The molecule has 0 amide bonds. The number of H-pyrrole nitrogens is 1. The molecule has 3 aromatic rings. The number of methoxy groups -OCH3 is 1. The van der Waals surface area contributed by atoms with Crippen LogP contribution in [-0.4, -0.2) is 22.3 Å². The quantitative estimate of drug-likeness (QED) is 0.723. The number of para-hydroxylation sites is 1. The van der Waals surface area contributed by atoms with E-state index in [1.165, 1.54) is 0 Å². The first kappa shape index (κ1) is 13.2. The van der Waals surface area contributed by atoms with Crippen LogP contribution in [0.25, 0.3) is 22.8 Å². The maximum atomic E-state index is 5.94. The zero-order valence-electron chi connectivity index (χ0n) is 11.9. The van der Waals surface area contributed by atoms with Crippen LogP contribution in [-0.2, 0) is 0 Å². The van der Waals surface area contributed by atoms with Gasteiger partial charge in [0.1, 0.15) is 5.75 Å². The lowest BCUT2D eigenvalue weighted by molar-refractivity contribution is 0.416. The highest BCUT2D eigenvalue weighted by molar-refractivity contribution is 5.68. The van der Waals surface area contributed by atoms with Crippen molar-refractivity contribution in [2.75, 3.05) is 12.8 Å². The van der Waals surface area contributed by atoms with Crippen molar-refractivity contribution in [1.82, 2.24) is 15.2 Å². The van der Waals surface area contributed by atoms with Gasteiger partial charge in [-0.15, -0.1) is 0 Å². The molecule has 3 rings (SSSR count). The number of benzene rings is 2. The van der Waals surface area contributed by atoms with Crippen molar-refractivity contribution in [1.29, 1.82) is 0 Å². The molecule has 2 aromatic carbocycles. The lowest BCUT2D eigenvalue weighted by atomic mass is 10.1. The Hall–Kier alpha value is -2.82. The Morgan fingerprint density at radius 3 is 2.71 bits per heavy atom. The number of aryl methyl sites for hydroxylation is 1. The maximum Gasteiger partial charge on any atom is 0.181 e. The molecule has 0 fully saturated rings. The highest BCUT2D eigenvalue weighted by Crippen LogP contribution is 2.28. The van der Waals surface area contributed by atoms with E-state index in [-0.39, 0.29) is 0 Å². The predicted octanol–water partition coefficient (Wildman–Crippen LogP) is 3.04. The second-order valence-corrected chi connectivity index (χ2v) is 4.78. The van der Waals surface area contributed by atoms with Gasteiger partial charge in [0.2, 0.25) is 0 Å². The summed E-state index contributed by atoms with van der Waals surface area (Å²) >= 11 is 0. The van der Waals surface area contributed by atoms with Crippen molar-refractivity contribution >= 4 is 5.69 Å². The molecule has 0 aliphatic heterocycles. The van der Waals surface area contributed by atoms with Crippen LogP contribution in [0.3, 0.4) is 0 Å². The fraction of sp³-hybridized carbons (Fsp3) is 0.125. The first-order valence-electron chi connectivity index (χ1n) is 6.61. The van der Waals surface area contributed by atoms with E-state index in [1.54, 1.807) is 7.11 Å². The van der Waals surface area contributed by atoms with Crippen LogP contribution < -0.4 is 10.5 Å². The summed E-state index contributed by atoms with van der Waals surface area (Å²) in [6.07, 6.45) is 0. The molecule has 1 aromatic heterocycles. The van der Waals surface area contributed by atoms with Gasteiger partial charge in [-0.3, -0.25) is 5.10 Å². The lowest BCUT2D eigenvalue weighted by Crippen LogP contribution is -1.91. The van der Waals surface area contributed by atoms with Crippen molar-refractivity contribution in [3.8, 4) is 28.5 Å².